The molecule has 2 nitrogen and oxygen atoms in total. The lowest BCUT2D eigenvalue weighted by molar-refractivity contribution is 0.282. The van der Waals surface area contributed by atoms with Crippen molar-refractivity contribution in [3.05, 3.63) is 63.1 Å². The molecule has 0 saturated carbocycles. The van der Waals surface area contributed by atoms with Gasteiger partial charge in [-0.05, 0) is 35.4 Å². The van der Waals surface area contributed by atoms with Gasteiger partial charge in [-0.3, -0.25) is 0 Å². The van der Waals surface area contributed by atoms with Crippen LogP contribution in [0.5, 0.6) is 0 Å². The van der Waals surface area contributed by atoms with Crippen LogP contribution in [0.15, 0.2) is 46.9 Å². The summed E-state index contributed by atoms with van der Waals surface area (Å²) in [7, 11) is 0. The zero-order chi connectivity index (χ0) is 13.0. The summed E-state index contributed by atoms with van der Waals surface area (Å²) in [6.45, 7) is 0.757. The third-order valence-electron chi connectivity index (χ3n) is 2.61. The number of aliphatic hydroxyl groups is 1. The number of hydrogen-bond acceptors (Lipinski definition) is 2. The number of rotatable bonds is 4. The fourth-order valence-electron chi connectivity index (χ4n) is 1.64. The number of anilines is 1. The summed E-state index contributed by atoms with van der Waals surface area (Å²) in [6.07, 6.45) is 0. The van der Waals surface area contributed by atoms with E-state index < -0.39 is 0 Å². The van der Waals surface area contributed by atoms with Crippen LogP contribution >= 0.6 is 27.5 Å². The lowest BCUT2D eigenvalue weighted by Gasteiger charge is -2.09. The lowest BCUT2D eigenvalue weighted by atomic mass is 10.2. The van der Waals surface area contributed by atoms with Crippen molar-refractivity contribution in [3.63, 3.8) is 0 Å². The molecule has 2 rings (SSSR count). The molecule has 0 aromatic heterocycles. The zero-order valence-electron chi connectivity index (χ0n) is 9.66. The summed E-state index contributed by atoms with van der Waals surface area (Å²) in [6, 6.07) is 13.5. The standard InChI is InChI=1S/C14H13BrClNO/c15-14-7-12(16)5-4-11(14)8-17-13-3-1-2-10(6-13)9-18/h1-7,17-18H,8-9H2. The van der Waals surface area contributed by atoms with E-state index in [1.165, 1.54) is 0 Å². The molecule has 0 aliphatic rings. The van der Waals surface area contributed by atoms with Gasteiger partial charge in [-0.15, -0.1) is 0 Å². The van der Waals surface area contributed by atoms with Crippen molar-refractivity contribution < 1.29 is 5.11 Å². The monoisotopic (exact) mass is 325 g/mol. The van der Waals surface area contributed by atoms with Gasteiger partial charge in [0, 0.05) is 21.7 Å². The molecular formula is C14H13BrClNO. The van der Waals surface area contributed by atoms with Crippen LogP contribution in [0.25, 0.3) is 0 Å². The number of hydrogen-bond donors (Lipinski definition) is 2. The zero-order valence-corrected chi connectivity index (χ0v) is 12.0. The normalized spacial score (nSPS) is 10.4. The molecule has 0 fully saturated rings. The van der Waals surface area contributed by atoms with Crippen LogP contribution in [-0.2, 0) is 13.2 Å². The Kier molecular flexibility index (Phi) is 4.64. The molecule has 0 bridgehead atoms. The Bertz CT molecular complexity index is 545. The molecule has 0 spiro atoms. The van der Waals surface area contributed by atoms with Gasteiger partial charge in [0.2, 0.25) is 0 Å². The molecule has 2 aromatic carbocycles. The minimum atomic E-state index is 0.0557. The Morgan fingerprint density at radius 3 is 2.72 bits per heavy atom. The minimum Gasteiger partial charge on any atom is -0.392 e. The Hall–Kier alpha value is -1.03. The first-order chi connectivity index (χ1) is 8.69. The van der Waals surface area contributed by atoms with Gasteiger partial charge in [0.05, 0.1) is 6.61 Å². The van der Waals surface area contributed by atoms with Crippen LogP contribution in [0.4, 0.5) is 5.69 Å². The topological polar surface area (TPSA) is 32.3 Å². The van der Waals surface area contributed by atoms with E-state index >= 15 is 0 Å². The van der Waals surface area contributed by atoms with Crippen molar-refractivity contribution in [1.82, 2.24) is 0 Å². The smallest absolute Gasteiger partial charge is 0.0682 e. The maximum atomic E-state index is 9.07. The molecule has 94 valence electrons. The summed E-state index contributed by atoms with van der Waals surface area (Å²) in [5.41, 5.74) is 3.02. The fourth-order valence-corrected chi connectivity index (χ4v) is 2.46. The predicted octanol–water partition coefficient (Wildman–Crippen LogP) is 4.21. The molecule has 0 aliphatic heterocycles. The van der Waals surface area contributed by atoms with Gasteiger partial charge in [0.1, 0.15) is 0 Å². The average molecular weight is 327 g/mol. The summed E-state index contributed by atoms with van der Waals surface area (Å²) in [5.74, 6) is 0. The van der Waals surface area contributed by atoms with Gasteiger partial charge >= 0.3 is 0 Å². The number of nitrogens with one attached hydrogen (secondary N) is 1. The second-order valence-electron chi connectivity index (χ2n) is 3.95. The van der Waals surface area contributed by atoms with Gasteiger partial charge in [-0.2, -0.15) is 0 Å². The third-order valence-corrected chi connectivity index (χ3v) is 3.58. The SMILES string of the molecule is OCc1cccc(NCc2ccc(Cl)cc2Br)c1. The molecule has 0 saturated heterocycles. The Labute approximate surface area is 120 Å². The lowest BCUT2D eigenvalue weighted by Crippen LogP contribution is -2.00. The first-order valence-electron chi connectivity index (χ1n) is 5.56. The van der Waals surface area contributed by atoms with E-state index in [4.69, 9.17) is 16.7 Å². The van der Waals surface area contributed by atoms with Crippen LogP contribution < -0.4 is 5.32 Å². The Balaban J connectivity index is 2.06. The van der Waals surface area contributed by atoms with Gasteiger partial charge in [0.25, 0.3) is 0 Å². The van der Waals surface area contributed by atoms with Gasteiger partial charge in [0.15, 0.2) is 0 Å². The first-order valence-corrected chi connectivity index (χ1v) is 6.74. The van der Waals surface area contributed by atoms with E-state index in [-0.39, 0.29) is 6.61 Å². The summed E-state index contributed by atoms with van der Waals surface area (Å²) < 4.78 is 0.987. The summed E-state index contributed by atoms with van der Waals surface area (Å²) in [4.78, 5) is 0. The van der Waals surface area contributed by atoms with E-state index in [0.717, 1.165) is 21.3 Å². The third kappa shape index (κ3) is 3.48. The van der Waals surface area contributed by atoms with Crippen molar-refractivity contribution in [2.24, 2.45) is 0 Å². The molecule has 0 unspecified atom stereocenters. The number of halogens is 2. The maximum Gasteiger partial charge on any atom is 0.0682 e. The van der Waals surface area contributed by atoms with Gasteiger partial charge in [-0.1, -0.05) is 45.7 Å². The molecule has 18 heavy (non-hydrogen) atoms. The highest BCUT2D eigenvalue weighted by molar-refractivity contribution is 9.10. The molecular weight excluding hydrogens is 314 g/mol. The Morgan fingerprint density at radius 2 is 2.00 bits per heavy atom. The molecule has 0 atom stereocenters. The minimum absolute atomic E-state index is 0.0557. The average Bonchev–Trinajstić information content (AvgIpc) is 2.38. The highest BCUT2D eigenvalue weighted by atomic mass is 79.9. The molecule has 2 N–H and O–H groups in total. The molecule has 4 heteroatoms. The highest BCUT2D eigenvalue weighted by Gasteiger charge is 2.01. The largest absolute Gasteiger partial charge is 0.392 e. The molecule has 0 aliphatic carbocycles. The van der Waals surface area contributed by atoms with Crippen molar-refractivity contribution in [2.75, 3.05) is 5.32 Å². The number of benzene rings is 2. The van der Waals surface area contributed by atoms with Crippen LogP contribution in [0, 0.1) is 0 Å². The molecule has 0 amide bonds. The summed E-state index contributed by atoms with van der Waals surface area (Å²) >= 11 is 9.38. The predicted molar refractivity (Wildman–Crippen MR) is 78.8 cm³/mol. The van der Waals surface area contributed by atoms with Crippen molar-refractivity contribution in [1.29, 1.82) is 0 Å². The van der Waals surface area contributed by atoms with E-state index in [0.29, 0.717) is 11.6 Å². The second-order valence-corrected chi connectivity index (χ2v) is 5.24. The van der Waals surface area contributed by atoms with E-state index in [1.54, 1.807) is 0 Å². The second kappa shape index (κ2) is 6.23. The van der Waals surface area contributed by atoms with Gasteiger partial charge < -0.3 is 10.4 Å². The first kappa shape index (κ1) is 13.4. The molecule has 2 aromatic rings. The number of aliphatic hydroxyl groups excluding tert-OH is 1. The van der Waals surface area contributed by atoms with Crippen molar-refractivity contribution in [3.8, 4) is 0 Å². The maximum absolute atomic E-state index is 9.07. The highest BCUT2D eigenvalue weighted by Crippen LogP contribution is 2.22. The molecule has 0 radical (unpaired) electrons. The Morgan fingerprint density at radius 1 is 1.17 bits per heavy atom. The van der Waals surface area contributed by atoms with Crippen LogP contribution in [0.1, 0.15) is 11.1 Å². The fraction of sp³-hybridized carbons (Fsp3) is 0.143. The van der Waals surface area contributed by atoms with E-state index in [9.17, 15) is 0 Å². The van der Waals surface area contributed by atoms with E-state index in [1.807, 2.05) is 42.5 Å². The van der Waals surface area contributed by atoms with Crippen LogP contribution in [0.3, 0.4) is 0 Å². The van der Waals surface area contributed by atoms with Crippen molar-refractivity contribution in [2.45, 2.75) is 13.2 Å². The van der Waals surface area contributed by atoms with Crippen LogP contribution in [-0.4, -0.2) is 5.11 Å². The van der Waals surface area contributed by atoms with Crippen molar-refractivity contribution >= 4 is 33.2 Å². The summed E-state index contributed by atoms with van der Waals surface area (Å²) in [5, 5.41) is 13.1. The van der Waals surface area contributed by atoms with Gasteiger partial charge in [-0.25, -0.2) is 0 Å². The van der Waals surface area contributed by atoms with E-state index in [2.05, 4.69) is 21.2 Å². The van der Waals surface area contributed by atoms with Crippen LogP contribution in [0.2, 0.25) is 5.02 Å². The quantitative estimate of drug-likeness (QED) is 0.882. The molecule has 0 heterocycles.